The van der Waals surface area contributed by atoms with Crippen LogP contribution in [0.25, 0.3) is 0 Å². The molecule has 0 fully saturated rings. The summed E-state index contributed by atoms with van der Waals surface area (Å²) >= 11 is 0. The second-order valence-corrected chi connectivity index (χ2v) is 4.56. The van der Waals surface area contributed by atoms with Crippen LogP contribution >= 0.6 is 0 Å². The molecule has 1 atom stereocenters. The summed E-state index contributed by atoms with van der Waals surface area (Å²) in [5.41, 5.74) is 1.12. The van der Waals surface area contributed by atoms with E-state index in [9.17, 15) is 13.2 Å². The molecule has 0 radical (unpaired) electrons. The van der Waals surface area contributed by atoms with Gasteiger partial charge in [0.25, 0.3) is 0 Å². The van der Waals surface area contributed by atoms with Crippen LogP contribution in [0.3, 0.4) is 0 Å². The van der Waals surface area contributed by atoms with Crippen LogP contribution in [0.2, 0.25) is 0 Å². The van der Waals surface area contributed by atoms with Gasteiger partial charge in [0.05, 0.1) is 0 Å². The van der Waals surface area contributed by atoms with Crippen molar-refractivity contribution in [2.24, 2.45) is 7.05 Å². The number of alkyl halides is 3. The number of hydrogen-bond donors (Lipinski definition) is 1. The number of nitrogens with one attached hydrogen (secondary N) is 1. The van der Waals surface area contributed by atoms with Gasteiger partial charge in [0.15, 0.2) is 0 Å². The van der Waals surface area contributed by atoms with Crippen molar-refractivity contribution in [3.8, 4) is 0 Å². The summed E-state index contributed by atoms with van der Waals surface area (Å²) in [7, 11) is 1.88. The lowest BCUT2D eigenvalue weighted by molar-refractivity contribution is -0.135. The van der Waals surface area contributed by atoms with Gasteiger partial charge in [0.2, 0.25) is 0 Å². The Hall–Kier alpha value is -1.04. The number of nitrogens with zero attached hydrogens (tertiary/aromatic N) is 2. The summed E-state index contributed by atoms with van der Waals surface area (Å²) in [5, 5.41) is 7.28. The van der Waals surface area contributed by atoms with E-state index < -0.39 is 12.6 Å². The lowest BCUT2D eigenvalue weighted by atomic mass is 10.1. The van der Waals surface area contributed by atoms with Crippen molar-refractivity contribution in [3.63, 3.8) is 0 Å². The smallest absolute Gasteiger partial charge is 0.314 e. The topological polar surface area (TPSA) is 29.9 Å². The minimum absolute atomic E-state index is 0.112. The Labute approximate surface area is 105 Å². The van der Waals surface area contributed by atoms with Gasteiger partial charge in [0.1, 0.15) is 0 Å². The lowest BCUT2D eigenvalue weighted by Gasteiger charge is -2.14. The Bertz CT molecular complexity index is 347. The Kier molecular flexibility index (Phi) is 5.65. The molecule has 0 aliphatic rings. The van der Waals surface area contributed by atoms with Crippen LogP contribution in [0, 0.1) is 0 Å². The second kappa shape index (κ2) is 6.78. The number of rotatable bonds is 7. The standard InChI is InChI=1S/C12H20F3N3/c1-10(4-3-7-12(13,14)15)16-8-5-11-6-9-17-18(11)2/h6,9-10,16H,3-5,7-8H2,1-2H3. The van der Waals surface area contributed by atoms with E-state index in [4.69, 9.17) is 0 Å². The third-order valence-corrected chi connectivity index (χ3v) is 2.89. The number of aryl methyl sites for hydroxylation is 1. The van der Waals surface area contributed by atoms with Crippen molar-refractivity contribution >= 4 is 0 Å². The first-order chi connectivity index (χ1) is 8.38. The van der Waals surface area contributed by atoms with E-state index >= 15 is 0 Å². The summed E-state index contributed by atoms with van der Waals surface area (Å²) in [6, 6.07) is 2.05. The largest absolute Gasteiger partial charge is 0.389 e. The minimum Gasteiger partial charge on any atom is -0.314 e. The molecule has 0 saturated carbocycles. The van der Waals surface area contributed by atoms with E-state index in [0.29, 0.717) is 6.42 Å². The van der Waals surface area contributed by atoms with Crippen LogP contribution in [0.15, 0.2) is 12.3 Å². The van der Waals surface area contributed by atoms with Gasteiger partial charge in [-0.05, 0) is 25.8 Å². The lowest BCUT2D eigenvalue weighted by Crippen LogP contribution is -2.28. The van der Waals surface area contributed by atoms with E-state index in [1.807, 2.05) is 20.0 Å². The normalized spacial score (nSPS) is 13.8. The fourth-order valence-corrected chi connectivity index (χ4v) is 1.80. The van der Waals surface area contributed by atoms with E-state index in [2.05, 4.69) is 10.4 Å². The molecule has 18 heavy (non-hydrogen) atoms. The molecule has 0 bridgehead atoms. The van der Waals surface area contributed by atoms with Crippen molar-refractivity contribution in [1.82, 2.24) is 15.1 Å². The highest BCUT2D eigenvalue weighted by Gasteiger charge is 2.26. The van der Waals surface area contributed by atoms with Crippen molar-refractivity contribution in [1.29, 1.82) is 0 Å². The molecule has 0 spiro atoms. The van der Waals surface area contributed by atoms with Crippen LogP contribution in [-0.2, 0) is 13.5 Å². The molecule has 0 amide bonds. The summed E-state index contributed by atoms with van der Waals surface area (Å²) in [4.78, 5) is 0. The number of hydrogen-bond acceptors (Lipinski definition) is 2. The van der Waals surface area contributed by atoms with Crippen LogP contribution in [0.4, 0.5) is 13.2 Å². The first-order valence-corrected chi connectivity index (χ1v) is 6.15. The van der Waals surface area contributed by atoms with Gasteiger partial charge in [-0.25, -0.2) is 0 Å². The number of halogens is 3. The van der Waals surface area contributed by atoms with Crippen molar-refractivity contribution in [2.75, 3.05) is 6.54 Å². The first kappa shape index (κ1) is 15.0. The van der Waals surface area contributed by atoms with E-state index in [1.165, 1.54) is 0 Å². The molecule has 6 heteroatoms. The molecule has 0 aromatic carbocycles. The molecule has 1 heterocycles. The summed E-state index contributed by atoms with van der Waals surface area (Å²) in [6.45, 7) is 2.67. The van der Waals surface area contributed by atoms with Gasteiger partial charge >= 0.3 is 6.18 Å². The van der Waals surface area contributed by atoms with Crippen molar-refractivity contribution < 1.29 is 13.2 Å². The maximum Gasteiger partial charge on any atom is 0.389 e. The summed E-state index contributed by atoms with van der Waals surface area (Å²) < 4.78 is 37.7. The molecule has 0 aliphatic carbocycles. The molecular formula is C12H20F3N3. The third-order valence-electron chi connectivity index (χ3n) is 2.89. The van der Waals surface area contributed by atoms with Crippen molar-refractivity contribution in [3.05, 3.63) is 18.0 Å². The molecule has 0 aliphatic heterocycles. The zero-order chi connectivity index (χ0) is 13.6. The van der Waals surface area contributed by atoms with Gasteiger partial charge in [-0.3, -0.25) is 4.68 Å². The molecule has 1 aromatic heterocycles. The van der Waals surface area contributed by atoms with Crippen LogP contribution in [0.1, 0.15) is 31.9 Å². The molecule has 1 rings (SSSR count). The van der Waals surface area contributed by atoms with Gasteiger partial charge in [-0.15, -0.1) is 0 Å². The second-order valence-electron chi connectivity index (χ2n) is 4.56. The average Bonchev–Trinajstić information content (AvgIpc) is 2.62. The van der Waals surface area contributed by atoms with Gasteiger partial charge < -0.3 is 5.32 Å². The van der Waals surface area contributed by atoms with E-state index in [1.54, 1.807) is 10.9 Å². The van der Waals surface area contributed by atoms with Gasteiger partial charge in [-0.2, -0.15) is 18.3 Å². The predicted octanol–water partition coefficient (Wildman–Crippen LogP) is 2.67. The molecule has 3 nitrogen and oxygen atoms in total. The molecule has 1 unspecified atom stereocenters. The van der Waals surface area contributed by atoms with Crippen LogP contribution < -0.4 is 5.32 Å². The third kappa shape index (κ3) is 6.05. The van der Waals surface area contributed by atoms with Gasteiger partial charge in [0, 0.05) is 44.4 Å². The van der Waals surface area contributed by atoms with E-state index in [0.717, 1.165) is 18.7 Å². The highest BCUT2D eigenvalue weighted by atomic mass is 19.4. The predicted molar refractivity (Wildman–Crippen MR) is 64.3 cm³/mol. The van der Waals surface area contributed by atoms with Crippen LogP contribution in [-0.4, -0.2) is 28.5 Å². The minimum atomic E-state index is -4.03. The Morgan fingerprint density at radius 2 is 2.17 bits per heavy atom. The summed E-state index contributed by atoms with van der Waals surface area (Å²) in [5.74, 6) is 0. The molecule has 0 saturated heterocycles. The average molecular weight is 263 g/mol. The monoisotopic (exact) mass is 263 g/mol. The Balaban J connectivity index is 2.10. The quantitative estimate of drug-likeness (QED) is 0.819. The highest BCUT2D eigenvalue weighted by molar-refractivity contribution is 5.00. The molecular weight excluding hydrogens is 243 g/mol. The molecule has 1 aromatic rings. The molecule has 1 N–H and O–H groups in total. The zero-order valence-corrected chi connectivity index (χ0v) is 10.8. The Morgan fingerprint density at radius 3 is 2.72 bits per heavy atom. The maximum atomic E-state index is 12.0. The van der Waals surface area contributed by atoms with Crippen molar-refractivity contribution in [2.45, 2.75) is 44.8 Å². The van der Waals surface area contributed by atoms with Crippen LogP contribution in [0.5, 0.6) is 0 Å². The maximum absolute atomic E-state index is 12.0. The Morgan fingerprint density at radius 1 is 1.44 bits per heavy atom. The summed E-state index contributed by atoms with van der Waals surface area (Å²) in [6.07, 6.45) is -1.42. The fourth-order valence-electron chi connectivity index (χ4n) is 1.80. The molecule has 104 valence electrons. The van der Waals surface area contributed by atoms with Gasteiger partial charge in [-0.1, -0.05) is 0 Å². The highest BCUT2D eigenvalue weighted by Crippen LogP contribution is 2.22. The fraction of sp³-hybridized carbons (Fsp3) is 0.750. The zero-order valence-electron chi connectivity index (χ0n) is 10.8. The van der Waals surface area contributed by atoms with E-state index in [-0.39, 0.29) is 12.5 Å². The first-order valence-electron chi connectivity index (χ1n) is 6.15. The SMILES string of the molecule is CC(CCCC(F)(F)F)NCCc1ccnn1C. The number of aromatic nitrogens is 2.